The Morgan fingerprint density at radius 3 is 2.44 bits per heavy atom. The predicted octanol–water partition coefficient (Wildman–Crippen LogP) is 3.86. The summed E-state index contributed by atoms with van der Waals surface area (Å²) in [6.07, 6.45) is -2.82. The van der Waals surface area contributed by atoms with Gasteiger partial charge in [0.2, 0.25) is 0 Å². The molecule has 0 amide bonds. The first-order valence-electron chi connectivity index (χ1n) is 5.71. The molecule has 0 aliphatic heterocycles. The molecule has 0 saturated heterocycles. The molecule has 1 heterocycles. The second-order valence-electron chi connectivity index (χ2n) is 4.18. The van der Waals surface area contributed by atoms with Crippen LogP contribution >= 0.6 is 11.6 Å². The number of hydrogen-bond donors (Lipinski definition) is 1. The van der Waals surface area contributed by atoms with Crippen molar-refractivity contribution < 1.29 is 13.2 Å². The minimum absolute atomic E-state index is 0.00946. The van der Waals surface area contributed by atoms with E-state index in [1.807, 2.05) is 13.8 Å². The standard InChI is InChI=1S/C12H16ClF3N2/c1-4-9(7(2)17-3)11-10(13)5-8(6-18-11)12(14,15)16/h5-7,9,17H,4H2,1-3H3. The highest BCUT2D eigenvalue weighted by atomic mass is 35.5. The van der Waals surface area contributed by atoms with E-state index in [1.165, 1.54) is 0 Å². The van der Waals surface area contributed by atoms with Crippen molar-refractivity contribution in [3.63, 3.8) is 0 Å². The van der Waals surface area contributed by atoms with Gasteiger partial charge in [-0.25, -0.2) is 0 Å². The van der Waals surface area contributed by atoms with Gasteiger partial charge in [-0.2, -0.15) is 13.2 Å². The fourth-order valence-electron chi connectivity index (χ4n) is 1.86. The Balaban J connectivity index is 3.12. The number of halogens is 4. The second-order valence-corrected chi connectivity index (χ2v) is 4.59. The zero-order valence-corrected chi connectivity index (χ0v) is 11.2. The second kappa shape index (κ2) is 5.89. The van der Waals surface area contributed by atoms with Crippen molar-refractivity contribution in [2.75, 3.05) is 7.05 Å². The van der Waals surface area contributed by atoms with Crippen LogP contribution in [-0.4, -0.2) is 18.1 Å². The van der Waals surface area contributed by atoms with E-state index in [0.717, 1.165) is 18.7 Å². The highest BCUT2D eigenvalue weighted by Crippen LogP contribution is 2.34. The van der Waals surface area contributed by atoms with E-state index in [4.69, 9.17) is 11.6 Å². The maximum atomic E-state index is 12.5. The molecule has 2 unspecified atom stereocenters. The Hall–Kier alpha value is -0.810. The Morgan fingerprint density at radius 2 is 2.06 bits per heavy atom. The number of likely N-dealkylation sites (N-methyl/N-ethyl adjacent to an activating group) is 1. The van der Waals surface area contributed by atoms with Crippen molar-refractivity contribution in [2.24, 2.45) is 0 Å². The average molecular weight is 281 g/mol. The van der Waals surface area contributed by atoms with E-state index < -0.39 is 11.7 Å². The highest BCUT2D eigenvalue weighted by Gasteiger charge is 2.32. The summed E-state index contributed by atoms with van der Waals surface area (Å²) < 4.78 is 37.5. The van der Waals surface area contributed by atoms with Gasteiger partial charge in [0.05, 0.1) is 16.3 Å². The van der Waals surface area contributed by atoms with Gasteiger partial charge in [-0.15, -0.1) is 0 Å². The molecule has 18 heavy (non-hydrogen) atoms. The molecule has 1 aromatic rings. The molecule has 0 bridgehead atoms. The number of hydrogen-bond acceptors (Lipinski definition) is 2. The van der Waals surface area contributed by atoms with Crippen LogP contribution in [0.1, 0.15) is 37.4 Å². The molecule has 0 saturated carbocycles. The van der Waals surface area contributed by atoms with Crippen LogP contribution in [0.2, 0.25) is 5.02 Å². The number of rotatable bonds is 4. The average Bonchev–Trinajstić information content (AvgIpc) is 2.30. The monoisotopic (exact) mass is 280 g/mol. The van der Waals surface area contributed by atoms with Crippen LogP contribution in [-0.2, 0) is 6.18 Å². The molecule has 6 heteroatoms. The largest absolute Gasteiger partial charge is 0.417 e. The lowest BCUT2D eigenvalue weighted by atomic mass is 9.94. The fourth-order valence-corrected chi connectivity index (χ4v) is 2.17. The first kappa shape index (κ1) is 15.2. The van der Waals surface area contributed by atoms with Gasteiger partial charge in [-0.3, -0.25) is 4.98 Å². The maximum absolute atomic E-state index is 12.5. The van der Waals surface area contributed by atoms with E-state index in [1.54, 1.807) is 7.05 Å². The molecular weight excluding hydrogens is 265 g/mol. The minimum atomic E-state index is -4.41. The number of aromatic nitrogens is 1. The van der Waals surface area contributed by atoms with Gasteiger partial charge in [0.25, 0.3) is 0 Å². The normalized spacial score (nSPS) is 15.5. The van der Waals surface area contributed by atoms with Crippen LogP contribution in [0.15, 0.2) is 12.3 Å². The summed E-state index contributed by atoms with van der Waals surface area (Å²) in [6.45, 7) is 3.90. The summed E-state index contributed by atoms with van der Waals surface area (Å²) in [6, 6.07) is 1.03. The first-order valence-corrected chi connectivity index (χ1v) is 6.09. The Labute approximate surface area is 110 Å². The van der Waals surface area contributed by atoms with Crippen molar-refractivity contribution in [2.45, 2.75) is 38.4 Å². The van der Waals surface area contributed by atoms with E-state index in [0.29, 0.717) is 5.69 Å². The van der Waals surface area contributed by atoms with Crippen molar-refractivity contribution in [3.05, 3.63) is 28.5 Å². The van der Waals surface area contributed by atoms with Crippen molar-refractivity contribution in [3.8, 4) is 0 Å². The van der Waals surface area contributed by atoms with Crippen LogP contribution in [0, 0.1) is 0 Å². The van der Waals surface area contributed by atoms with E-state index in [2.05, 4.69) is 10.3 Å². The van der Waals surface area contributed by atoms with Crippen LogP contribution in [0.5, 0.6) is 0 Å². The van der Waals surface area contributed by atoms with Crippen molar-refractivity contribution in [1.29, 1.82) is 0 Å². The number of alkyl halides is 3. The zero-order valence-electron chi connectivity index (χ0n) is 10.5. The third-order valence-electron chi connectivity index (χ3n) is 3.05. The number of pyridine rings is 1. The first-order chi connectivity index (χ1) is 8.31. The Bertz CT molecular complexity index is 407. The van der Waals surface area contributed by atoms with Gasteiger partial charge in [0.15, 0.2) is 0 Å². The zero-order chi connectivity index (χ0) is 13.9. The van der Waals surface area contributed by atoms with E-state index in [9.17, 15) is 13.2 Å². The van der Waals surface area contributed by atoms with E-state index in [-0.39, 0.29) is 17.0 Å². The van der Waals surface area contributed by atoms with Crippen LogP contribution in [0.25, 0.3) is 0 Å². The summed E-state index contributed by atoms with van der Waals surface area (Å²) in [5, 5.41) is 3.13. The molecule has 0 aliphatic carbocycles. The molecule has 0 fully saturated rings. The smallest absolute Gasteiger partial charge is 0.317 e. The maximum Gasteiger partial charge on any atom is 0.417 e. The van der Waals surface area contributed by atoms with Crippen LogP contribution in [0.3, 0.4) is 0 Å². The summed E-state index contributed by atoms with van der Waals surface area (Å²) in [7, 11) is 1.80. The van der Waals surface area contributed by atoms with E-state index >= 15 is 0 Å². The minimum Gasteiger partial charge on any atom is -0.317 e. The molecule has 2 nitrogen and oxygen atoms in total. The quantitative estimate of drug-likeness (QED) is 0.906. The molecule has 0 aliphatic rings. The van der Waals surface area contributed by atoms with Gasteiger partial charge >= 0.3 is 6.18 Å². The van der Waals surface area contributed by atoms with Gasteiger partial charge in [-0.1, -0.05) is 18.5 Å². The van der Waals surface area contributed by atoms with Crippen LogP contribution < -0.4 is 5.32 Å². The summed E-state index contributed by atoms with van der Waals surface area (Å²) in [4.78, 5) is 3.89. The van der Waals surface area contributed by atoms with Crippen LogP contribution in [0.4, 0.5) is 13.2 Å². The van der Waals surface area contributed by atoms with Crippen molar-refractivity contribution in [1.82, 2.24) is 10.3 Å². The van der Waals surface area contributed by atoms with Crippen molar-refractivity contribution >= 4 is 11.6 Å². The lowest BCUT2D eigenvalue weighted by Crippen LogP contribution is -2.29. The molecule has 102 valence electrons. The lowest BCUT2D eigenvalue weighted by molar-refractivity contribution is -0.137. The molecule has 0 aromatic carbocycles. The molecule has 2 atom stereocenters. The lowest BCUT2D eigenvalue weighted by Gasteiger charge is -2.23. The summed E-state index contributed by atoms with van der Waals surface area (Å²) in [5.74, 6) is -0.00946. The fraction of sp³-hybridized carbons (Fsp3) is 0.583. The molecular formula is C12H16ClF3N2. The highest BCUT2D eigenvalue weighted by molar-refractivity contribution is 6.31. The third-order valence-corrected chi connectivity index (χ3v) is 3.35. The van der Waals surface area contributed by atoms with Gasteiger partial charge in [0.1, 0.15) is 0 Å². The predicted molar refractivity (Wildman–Crippen MR) is 65.8 cm³/mol. The molecule has 0 spiro atoms. The third kappa shape index (κ3) is 3.36. The molecule has 0 radical (unpaired) electrons. The topological polar surface area (TPSA) is 24.9 Å². The Kier molecular flexibility index (Phi) is 4.99. The Morgan fingerprint density at radius 1 is 1.44 bits per heavy atom. The summed E-state index contributed by atoms with van der Waals surface area (Å²) in [5.41, 5.74) is -0.308. The molecule has 1 rings (SSSR count). The SMILES string of the molecule is CCC(c1ncc(C(F)(F)F)cc1Cl)C(C)NC. The van der Waals surface area contributed by atoms with Gasteiger partial charge < -0.3 is 5.32 Å². The molecule has 1 N–H and O–H groups in total. The number of nitrogens with one attached hydrogen (secondary N) is 1. The number of nitrogens with zero attached hydrogens (tertiary/aromatic N) is 1. The summed E-state index contributed by atoms with van der Waals surface area (Å²) >= 11 is 5.92. The van der Waals surface area contributed by atoms with Gasteiger partial charge in [0, 0.05) is 18.2 Å². The van der Waals surface area contributed by atoms with Gasteiger partial charge in [-0.05, 0) is 26.5 Å². The molecule has 1 aromatic heterocycles.